The average molecular weight is 471 g/mol. The molecule has 4 aliphatic rings. The number of hydrogen-bond acceptors (Lipinski definition) is 5. The lowest BCUT2D eigenvalue weighted by atomic mass is 9.56. The van der Waals surface area contributed by atoms with E-state index in [1.807, 2.05) is 0 Å². The summed E-state index contributed by atoms with van der Waals surface area (Å²) in [4.78, 5) is 22.2. The van der Waals surface area contributed by atoms with Gasteiger partial charge in [-0.2, -0.15) is 24.9 Å². The van der Waals surface area contributed by atoms with E-state index in [9.17, 15) is 18.0 Å². The maximum absolute atomic E-state index is 13.8. The lowest BCUT2D eigenvalue weighted by Gasteiger charge is -2.54. The van der Waals surface area contributed by atoms with Crippen LogP contribution in [0.3, 0.4) is 0 Å². The zero-order valence-corrected chi connectivity index (χ0v) is 19.6. The van der Waals surface area contributed by atoms with Gasteiger partial charge < -0.3 is 10.2 Å². The SMILES string of the molecule is CCCCCC12CCC(Nc3ncc(C(=O)N4CCSCC4)c(C(F)(F)F)n3)(CC1)CC2. The van der Waals surface area contributed by atoms with Gasteiger partial charge in [-0.1, -0.05) is 26.2 Å². The van der Waals surface area contributed by atoms with Gasteiger partial charge in [0.15, 0.2) is 5.69 Å². The number of nitrogens with zero attached hydrogens (tertiary/aromatic N) is 3. The first-order valence-corrected chi connectivity index (χ1v) is 13.0. The molecule has 0 unspecified atom stereocenters. The molecule has 0 spiro atoms. The van der Waals surface area contributed by atoms with Crippen LogP contribution in [-0.2, 0) is 6.18 Å². The van der Waals surface area contributed by atoms with E-state index in [1.165, 1.54) is 30.6 Å². The van der Waals surface area contributed by atoms with Crippen LogP contribution in [0, 0.1) is 5.41 Å². The number of fused-ring (bicyclic) bond motifs is 3. The lowest BCUT2D eigenvalue weighted by Crippen LogP contribution is -2.51. The topological polar surface area (TPSA) is 58.1 Å². The second-order valence-electron chi connectivity index (χ2n) is 9.72. The Bertz CT molecular complexity index is 801. The molecule has 4 fully saturated rings. The van der Waals surface area contributed by atoms with Crippen LogP contribution < -0.4 is 5.32 Å². The van der Waals surface area contributed by atoms with Crippen molar-refractivity contribution in [1.29, 1.82) is 0 Å². The Balaban J connectivity index is 1.49. The van der Waals surface area contributed by atoms with Gasteiger partial charge >= 0.3 is 6.18 Å². The van der Waals surface area contributed by atoms with Crippen LogP contribution in [0.4, 0.5) is 19.1 Å². The van der Waals surface area contributed by atoms with Crippen LogP contribution >= 0.6 is 11.8 Å². The highest BCUT2D eigenvalue weighted by atomic mass is 32.2. The number of anilines is 1. The molecule has 2 heterocycles. The van der Waals surface area contributed by atoms with Crippen molar-refractivity contribution in [3.63, 3.8) is 0 Å². The predicted molar refractivity (Wildman–Crippen MR) is 121 cm³/mol. The number of carbonyl (C=O) groups excluding carboxylic acids is 1. The Morgan fingerprint density at radius 2 is 1.78 bits per heavy atom. The highest BCUT2D eigenvalue weighted by Crippen LogP contribution is 2.55. The first-order valence-electron chi connectivity index (χ1n) is 11.9. The van der Waals surface area contributed by atoms with Crippen molar-refractivity contribution in [3.05, 3.63) is 17.5 Å². The third-order valence-corrected chi connectivity index (χ3v) is 8.62. The van der Waals surface area contributed by atoms with E-state index in [1.54, 1.807) is 11.8 Å². The van der Waals surface area contributed by atoms with Crippen LogP contribution in [0.25, 0.3) is 0 Å². The van der Waals surface area contributed by atoms with Gasteiger partial charge in [-0.25, -0.2) is 9.97 Å². The molecule has 0 aromatic carbocycles. The molecule has 2 bridgehead atoms. The Kier molecular flexibility index (Phi) is 6.94. The molecule has 5 nitrogen and oxygen atoms in total. The van der Waals surface area contributed by atoms with Gasteiger partial charge in [-0.15, -0.1) is 0 Å². The standard InChI is InChI=1S/C23H33F3N4OS/c1-2-3-4-5-21-6-9-22(10-7-21,11-8-21)29-20-27-16-17(18(28-20)23(24,25)26)19(31)30-12-14-32-15-13-30/h16H,2-15H2,1H3,(H,27,28,29). The molecule has 3 aliphatic carbocycles. The van der Waals surface area contributed by atoms with E-state index in [0.29, 0.717) is 18.5 Å². The highest BCUT2D eigenvalue weighted by Gasteiger charge is 2.48. The number of unbranched alkanes of at least 4 members (excludes halogenated alkanes) is 2. The van der Waals surface area contributed by atoms with Crippen LogP contribution in [0.15, 0.2) is 6.20 Å². The molecule has 0 radical (unpaired) electrons. The third kappa shape index (κ3) is 5.02. The summed E-state index contributed by atoms with van der Waals surface area (Å²) in [5.74, 6) is 0.824. The van der Waals surface area contributed by atoms with Crippen LogP contribution in [0.5, 0.6) is 0 Å². The predicted octanol–water partition coefficient (Wildman–Crippen LogP) is 5.77. The van der Waals surface area contributed by atoms with Gasteiger partial charge in [0.05, 0.1) is 5.56 Å². The smallest absolute Gasteiger partial charge is 0.349 e. The van der Waals surface area contributed by atoms with Crippen LogP contribution in [-0.4, -0.2) is 50.9 Å². The van der Waals surface area contributed by atoms with Crippen LogP contribution in [0.1, 0.15) is 87.2 Å². The fraction of sp³-hybridized carbons (Fsp3) is 0.783. The maximum atomic E-state index is 13.8. The molecule has 0 atom stereocenters. The largest absolute Gasteiger partial charge is 0.434 e. The van der Waals surface area contributed by atoms with Crippen molar-refractivity contribution in [3.8, 4) is 0 Å². The van der Waals surface area contributed by atoms with Crippen molar-refractivity contribution >= 4 is 23.6 Å². The molecule has 1 aromatic rings. The molecule has 32 heavy (non-hydrogen) atoms. The van der Waals surface area contributed by atoms with E-state index < -0.39 is 23.3 Å². The number of rotatable bonds is 7. The number of halogens is 3. The average Bonchev–Trinajstić information content (AvgIpc) is 2.80. The normalized spacial score (nSPS) is 28.1. The van der Waals surface area contributed by atoms with Gasteiger partial charge in [-0.3, -0.25) is 4.79 Å². The van der Waals surface area contributed by atoms with Crippen molar-refractivity contribution in [2.75, 3.05) is 29.9 Å². The number of thioether (sulfide) groups is 1. The first-order chi connectivity index (χ1) is 15.3. The van der Waals surface area contributed by atoms with E-state index >= 15 is 0 Å². The summed E-state index contributed by atoms with van der Waals surface area (Å²) in [6, 6.07) is 0. The summed E-state index contributed by atoms with van der Waals surface area (Å²) in [5.41, 5.74) is -1.39. The summed E-state index contributed by atoms with van der Waals surface area (Å²) in [6.45, 7) is 3.11. The second kappa shape index (κ2) is 9.39. The van der Waals surface area contributed by atoms with E-state index in [0.717, 1.165) is 56.2 Å². The maximum Gasteiger partial charge on any atom is 0.434 e. The molecule has 1 amide bonds. The van der Waals surface area contributed by atoms with E-state index in [4.69, 9.17) is 0 Å². The Morgan fingerprint density at radius 3 is 2.38 bits per heavy atom. The third-order valence-electron chi connectivity index (χ3n) is 7.68. The fourth-order valence-electron chi connectivity index (χ4n) is 5.56. The Hall–Kier alpha value is -1.51. The minimum Gasteiger partial charge on any atom is -0.349 e. The van der Waals surface area contributed by atoms with Gasteiger partial charge in [0, 0.05) is 36.3 Å². The summed E-state index contributed by atoms with van der Waals surface area (Å²) >= 11 is 1.70. The van der Waals surface area contributed by atoms with Crippen molar-refractivity contribution < 1.29 is 18.0 Å². The molecule has 9 heteroatoms. The van der Waals surface area contributed by atoms with E-state index in [-0.39, 0.29) is 11.5 Å². The molecular weight excluding hydrogens is 437 g/mol. The molecule has 5 rings (SSSR count). The molecule has 1 aliphatic heterocycles. The zero-order chi connectivity index (χ0) is 22.8. The van der Waals surface area contributed by atoms with Crippen molar-refractivity contribution in [1.82, 2.24) is 14.9 Å². The molecular formula is C23H33F3N4OS. The number of carbonyl (C=O) groups is 1. The molecule has 3 saturated carbocycles. The van der Waals surface area contributed by atoms with Gasteiger partial charge in [-0.05, 0) is 50.4 Å². The summed E-state index contributed by atoms with van der Waals surface area (Å²) in [7, 11) is 0. The Labute approximate surface area is 192 Å². The molecule has 1 N–H and O–H groups in total. The summed E-state index contributed by atoms with van der Waals surface area (Å²) < 4.78 is 41.5. The number of aromatic nitrogens is 2. The number of alkyl halides is 3. The first kappa shape index (κ1) is 23.6. The highest BCUT2D eigenvalue weighted by molar-refractivity contribution is 7.99. The number of hydrogen-bond donors (Lipinski definition) is 1. The van der Waals surface area contributed by atoms with Gasteiger partial charge in [0.25, 0.3) is 5.91 Å². The number of amides is 1. The zero-order valence-electron chi connectivity index (χ0n) is 18.8. The van der Waals surface area contributed by atoms with Gasteiger partial charge in [0.1, 0.15) is 0 Å². The monoisotopic (exact) mass is 470 g/mol. The Morgan fingerprint density at radius 1 is 1.12 bits per heavy atom. The molecule has 178 valence electrons. The van der Waals surface area contributed by atoms with Crippen LogP contribution in [0.2, 0.25) is 0 Å². The summed E-state index contributed by atoms with van der Waals surface area (Å²) in [6.07, 6.45) is 7.52. The molecule has 1 saturated heterocycles. The summed E-state index contributed by atoms with van der Waals surface area (Å²) in [5, 5.41) is 3.27. The van der Waals surface area contributed by atoms with Crippen molar-refractivity contribution in [2.24, 2.45) is 5.41 Å². The van der Waals surface area contributed by atoms with Crippen molar-refractivity contribution in [2.45, 2.75) is 82.8 Å². The number of nitrogens with one attached hydrogen (secondary N) is 1. The second-order valence-corrected chi connectivity index (χ2v) is 10.9. The van der Waals surface area contributed by atoms with Gasteiger partial charge in [0.2, 0.25) is 5.95 Å². The molecule has 1 aromatic heterocycles. The minimum absolute atomic E-state index is 0.0107. The van der Waals surface area contributed by atoms with E-state index in [2.05, 4.69) is 22.2 Å². The quantitative estimate of drug-likeness (QED) is 0.513. The lowest BCUT2D eigenvalue weighted by molar-refractivity contribution is -0.141. The minimum atomic E-state index is -4.71. The fourth-order valence-corrected chi connectivity index (χ4v) is 6.47.